The number of ketones is 1. The molecule has 0 aromatic carbocycles. The van der Waals surface area contributed by atoms with Gasteiger partial charge in [0, 0.05) is 6.54 Å². The quantitative estimate of drug-likeness (QED) is 0.844. The van der Waals surface area contributed by atoms with Crippen LogP contribution in [0.2, 0.25) is 0 Å². The number of nitrogens with one attached hydrogen (secondary N) is 1. The van der Waals surface area contributed by atoms with Crippen molar-refractivity contribution in [1.82, 2.24) is 19.8 Å². The van der Waals surface area contributed by atoms with Crippen LogP contribution in [0.3, 0.4) is 0 Å². The molecule has 2 aromatic rings. The van der Waals surface area contributed by atoms with E-state index in [-0.39, 0.29) is 17.5 Å². The van der Waals surface area contributed by atoms with Crippen molar-refractivity contribution in [1.29, 1.82) is 0 Å². The number of nitrogens with zero attached hydrogens (tertiary/aromatic N) is 4. The number of anilines is 1. The van der Waals surface area contributed by atoms with Crippen LogP contribution in [0.5, 0.6) is 0 Å². The van der Waals surface area contributed by atoms with E-state index >= 15 is 0 Å². The predicted molar refractivity (Wildman–Crippen MR) is 69.3 cm³/mol. The molecule has 2 aromatic heterocycles. The van der Waals surface area contributed by atoms with Gasteiger partial charge in [0.05, 0.1) is 6.04 Å². The van der Waals surface area contributed by atoms with E-state index in [0.717, 1.165) is 25.8 Å². The molecule has 1 atom stereocenters. The Morgan fingerprint density at radius 1 is 1.42 bits per heavy atom. The molecule has 0 amide bonds. The molecular formula is C12H15N5O2. The maximum absolute atomic E-state index is 11.7. The van der Waals surface area contributed by atoms with E-state index in [1.54, 1.807) is 19.1 Å². The number of aromatic nitrogens is 4. The third-order valence-corrected chi connectivity index (χ3v) is 3.53. The summed E-state index contributed by atoms with van der Waals surface area (Å²) in [6.07, 6.45) is 2.92. The second-order valence-corrected chi connectivity index (χ2v) is 4.81. The third-order valence-electron chi connectivity index (χ3n) is 3.53. The molecule has 1 aliphatic rings. The van der Waals surface area contributed by atoms with E-state index in [4.69, 9.17) is 0 Å². The average Bonchev–Trinajstić information content (AvgIpc) is 2.80. The Hall–Kier alpha value is -2.18. The molecule has 0 aliphatic carbocycles. The topological polar surface area (TPSA) is 83.4 Å². The lowest BCUT2D eigenvalue weighted by atomic mass is 9.99. The summed E-state index contributed by atoms with van der Waals surface area (Å²) in [5.74, 6) is 0.789. The molecule has 1 fully saturated rings. The highest BCUT2D eigenvalue weighted by atomic mass is 16.2. The molecule has 7 nitrogen and oxygen atoms in total. The van der Waals surface area contributed by atoms with Crippen molar-refractivity contribution in [2.24, 2.45) is 0 Å². The number of carbonyl (C=O) groups is 1. The van der Waals surface area contributed by atoms with Gasteiger partial charge in [0.1, 0.15) is 5.82 Å². The van der Waals surface area contributed by atoms with Crippen molar-refractivity contribution in [2.45, 2.75) is 32.2 Å². The van der Waals surface area contributed by atoms with Crippen molar-refractivity contribution < 1.29 is 4.79 Å². The smallest absolute Gasteiger partial charge is 0.345 e. The van der Waals surface area contributed by atoms with Gasteiger partial charge in [-0.1, -0.05) is 0 Å². The molecule has 1 aliphatic heterocycles. The summed E-state index contributed by atoms with van der Waals surface area (Å²) in [6, 6.07) is 3.39. The molecule has 3 rings (SSSR count). The van der Waals surface area contributed by atoms with Gasteiger partial charge in [0.25, 0.3) is 0 Å². The van der Waals surface area contributed by atoms with Crippen LogP contribution in [-0.2, 0) is 4.79 Å². The molecule has 0 saturated carbocycles. The van der Waals surface area contributed by atoms with Gasteiger partial charge in [-0.25, -0.2) is 9.89 Å². The van der Waals surface area contributed by atoms with E-state index in [2.05, 4.69) is 15.3 Å². The second-order valence-electron chi connectivity index (χ2n) is 4.81. The predicted octanol–water partition coefficient (Wildman–Crippen LogP) is 0.365. The second kappa shape index (κ2) is 4.49. The normalized spacial score (nSPS) is 19.8. The minimum absolute atomic E-state index is 0.138. The average molecular weight is 261 g/mol. The first kappa shape index (κ1) is 11.9. The lowest BCUT2D eigenvalue weighted by Crippen LogP contribution is -2.44. The monoisotopic (exact) mass is 261 g/mol. The van der Waals surface area contributed by atoms with E-state index < -0.39 is 0 Å². The summed E-state index contributed by atoms with van der Waals surface area (Å²) in [5.41, 5.74) is 0.110. The molecule has 3 heterocycles. The van der Waals surface area contributed by atoms with Crippen molar-refractivity contribution in [2.75, 3.05) is 11.4 Å². The molecule has 19 heavy (non-hydrogen) atoms. The minimum Gasteiger partial charge on any atom is -0.345 e. The molecule has 1 N–H and O–H groups in total. The van der Waals surface area contributed by atoms with Gasteiger partial charge in [0.15, 0.2) is 11.4 Å². The number of carbonyl (C=O) groups excluding carboxylic acids is 1. The molecule has 1 unspecified atom stereocenters. The Balaban J connectivity index is 2.04. The van der Waals surface area contributed by atoms with E-state index in [9.17, 15) is 9.59 Å². The zero-order valence-corrected chi connectivity index (χ0v) is 10.7. The third kappa shape index (κ3) is 2.00. The van der Waals surface area contributed by atoms with Gasteiger partial charge in [0.2, 0.25) is 0 Å². The minimum atomic E-state index is -0.367. The van der Waals surface area contributed by atoms with Gasteiger partial charge >= 0.3 is 5.69 Å². The summed E-state index contributed by atoms with van der Waals surface area (Å²) in [5, 5.41) is 10.5. The lowest BCUT2D eigenvalue weighted by Gasteiger charge is -2.34. The first-order chi connectivity index (χ1) is 9.16. The number of fused-ring (bicyclic) bond motifs is 1. The van der Waals surface area contributed by atoms with Crippen LogP contribution in [0.1, 0.15) is 26.2 Å². The Morgan fingerprint density at radius 2 is 2.26 bits per heavy atom. The van der Waals surface area contributed by atoms with Crippen LogP contribution in [0.25, 0.3) is 5.65 Å². The van der Waals surface area contributed by atoms with Crippen LogP contribution < -0.4 is 10.6 Å². The maximum Gasteiger partial charge on any atom is 0.364 e. The maximum atomic E-state index is 11.7. The highest BCUT2D eigenvalue weighted by molar-refractivity contribution is 5.84. The highest BCUT2D eigenvalue weighted by Crippen LogP contribution is 2.23. The van der Waals surface area contributed by atoms with Crippen LogP contribution >= 0.6 is 0 Å². The summed E-state index contributed by atoms with van der Waals surface area (Å²) in [7, 11) is 0. The lowest BCUT2D eigenvalue weighted by molar-refractivity contribution is -0.118. The number of hydrogen-bond donors (Lipinski definition) is 1. The number of H-pyrrole nitrogens is 1. The molecular weight excluding hydrogens is 246 g/mol. The van der Waals surface area contributed by atoms with Gasteiger partial charge in [-0.05, 0) is 38.3 Å². The van der Waals surface area contributed by atoms with Crippen LogP contribution in [0.15, 0.2) is 16.9 Å². The molecule has 1 saturated heterocycles. The van der Waals surface area contributed by atoms with Gasteiger partial charge in [-0.15, -0.1) is 5.10 Å². The van der Waals surface area contributed by atoms with E-state index in [1.807, 2.05) is 4.90 Å². The fourth-order valence-corrected chi connectivity index (χ4v) is 2.57. The Labute approximate surface area is 109 Å². The first-order valence-corrected chi connectivity index (χ1v) is 6.38. The SMILES string of the molecule is CC(=O)C1CCCCN1c1ccc2n[nH]c(=O)n2n1. The van der Waals surface area contributed by atoms with Crippen LogP contribution in [-0.4, -0.2) is 38.2 Å². The van der Waals surface area contributed by atoms with Crippen molar-refractivity contribution in [3.05, 3.63) is 22.6 Å². The van der Waals surface area contributed by atoms with Gasteiger partial charge in [-0.2, -0.15) is 9.61 Å². The van der Waals surface area contributed by atoms with Gasteiger partial charge in [-0.3, -0.25) is 4.79 Å². The zero-order valence-electron chi connectivity index (χ0n) is 10.7. The number of aromatic amines is 1. The molecule has 0 spiro atoms. The molecule has 0 bridgehead atoms. The Bertz CT molecular complexity index is 674. The van der Waals surface area contributed by atoms with E-state index in [0.29, 0.717) is 11.5 Å². The Morgan fingerprint density at radius 3 is 3.05 bits per heavy atom. The first-order valence-electron chi connectivity index (χ1n) is 6.38. The molecule has 0 radical (unpaired) electrons. The summed E-state index contributed by atoms with van der Waals surface area (Å²) >= 11 is 0. The van der Waals surface area contributed by atoms with Crippen LogP contribution in [0, 0.1) is 0 Å². The Kier molecular flexibility index (Phi) is 2.81. The number of piperidine rings is 1. The van der Waals surface area contributed by atoms with Crippen molar-refractivity contribution in [3.8, 4) is 0 Å². The van der Waals surface area contributed by atoms with Crippen molar-refractivity contribution >= 4 is 17.2 Å². The summed E-state index contributed by atoms with van der Waals surface area (Å²) in [6.45, 7) is 2.39. The highest BCUT2D eigenvalue weighted by Gasteiger charge is 2.27. The zero-order chi connectivity index (χ0) is 13.4. The molecule has 100 valence electrons. The van der Waals surface area contributed by atoms with Crippen LogP contribution in [0.4, 0.5) is 5.82 Å². The molecule has 7 heteroatoms. The number of hydrogen-bond acceptors (Lipinski definition) is 5. The largest absolute Gasteiger partial charge is 0.364 e. The van der Waals surface area contributed by atoms with Crippen molar-refractivity contribution in [3.63, 3.8) is 0 Å². The fourth-order valence-electron chi connectivity index (χ4n) is 2.57. The fraction of sp³-hybridized carbons (Fsp3) is 0.500. The van der Waals surface area contributed by atoms with E-state index in [1.165, 1.54) is 4.52 Å². The summed E-state index contributed by atoms with van der Waals surface area (Å²) in [4.78, 5) is 25.2. The number of rotatable bonds is 2. The number of Topliss-reactive ketones (excluding diaryl/α,β-unsaturated/α-hetero) is 1. The standard InChI is InChI=1S/C12H15N5O2/c1-8(18)9-4-2-3-7-16(9)11-6-5-10-13-14-12(19)17(10)15-11/h5-6,9H,2-4,7H2,1H3,(H,14,19). The van der Waals surface area contributed by atoms with Gasteiger partial charge < -0.3 is 4.90 Å². The summed E-state index contributed by atoms with van der Waals surface area (Å²) < 4.78 is 1.22.